The molecule has 6 heteroatoms. The van der Waals surface area contributed by atoms with Gasteiger partial charge < -0.3 is 13.7 Å². The summed E-state index contributed by atoms with van der Waals surface area (Å²) in [7, 11) is 3.42. The van der Waals surface area contributed by atoms with Crippen molar-refractivity contribution < 1.29 is 13.6 Å². The minimum Gasteiger partial charge on any atom is -0.451 e. The van der Waals surface area contributed by atoms with Crippen molar-refractivity contribution in [2.75, 3.05) is 14.1 Å². The van der Waals surface area contributed by atoms with Crippen molar-refractivity contribution in [2.24, 2.45) is 0 Å². The highest BCUT2D eigenvalue weighted by atomic mass is 19.1. The molecule has 0 bridgehead atoms. The number of amides is 1. The van der Waals surface area contributed by atoms with Gasteiger partial charge in [0, 0.05) is 25.8 Å². The van der Waals surface area contributed by atoms with Gasteiger partial charge in [-0.2, -0.15) is 0 Å². The molecule has 0 atom stereocenters. The predicted octanol–water partition coefficient (Wildman–Crippen LogP) is 4.10. The Morgan fingerprint density at radius 2 is 1.85 bits per heavy atom. The summed E-state index contributed by atoms with van der Waals surface area (Å²) in [4.78, 5) is 18.4. The Morgan fingerprint density at radius 3 is 2.50 bits per heavy atom. The third-order valence-electron chi connectivity index (χ3n) is 4.26. The molecule has 0 fully saturated rings. The van der Waals surface area contributed by atoms with E-state index in [0.717, 1.165) is 16.6 Å². The first-order valence-electron chi connectivity index (χ1n) is 8.06. The fraction of sp³-hybridized carbons (Fsp3) is 0.100. The zero-order valence-corrected chi connectivity index (χ0v) is 14.3. The molecule has 1 amide bonds. The zero-order chi connectivity index (χ0) is 18.3. The van der Waals surface area contributed by atoms with Gasteiger partial charge in [0.1, 0.15) is 17.8 Å². The highest BCUT2D eigenvalue weighted by Gasteiger charge is 2.21. The summed E-state index contributed by atoms with van der Waals surface area (Å²) in [6.07, 6.45) is 4.76. The van der Waals surface area contributed by atoms with Crippen LogP contribution < -0.4 is 0 Å². The van der Waals surface area contributed by atoms with Crippen molar-refractivity contribution >= 4 is 11.4 Å². The smallest absolute Gasteiger partial charge is 0.255 e. The number of oxazole rings is 1. The van der Waals surface area contributed by atoms with Crippen LogP contribution in [-0.4, -0.2) is 34.3 Å². The molecular weight excluding hydrogens is 333 g/mol. The number of aromatic nitrogens is 2. The summed E-state index contributed by atoms with van der Waals surface area (Å²) in [5.41, 5.74) is 4.43. The van der Waals surface area contributed by atoms with Crippen LogP contribution in [0.25, 0.3) is 28.0 Å². The van der Waals surface area contributed by atoms with E-state index >= 15 is 0 Å². The molecule has 3 heterocycles. The maximum atomic E-state index is 13.2. The predicted molar refractivity (Wildman–Crippen MR) is 96.3 cm³/mol. The first-order valence-corrected chi connectivity index (χ1v) is 8.06. The van der Waals surface area contributed by atoms with Gasteiger partial charge in [-0.05, 0) is 35.4 Å². The monoisotopic (exact) mass is 349 g/mol. The number of fused-ring (bicyclic) bond motifs is 1. The van der Waals surface area contributed by atoms with Crippen molar-refractivity contribution in [1.82, 2.24) is 14.3 Å². The Balaban J connectivity index is 1.95. The van der Waals surface area contributed by atoms with E-state index in [1.54, 1.807) is 26.2 Å². The van der Waals surface area contributed by atoms with Gasteiger partial charge in [0.05, 0.1) is 11.3 Å². The number of benzene rings is 1. The van der Waals surface area contributed by atoms with Gasteiger partial charge in [-0.3, -0.25) is 4.79 Å². The lowest BCUT2D eigenvalue weighted by molar-refractivity contribution is 0.0828. The molecule has 130 valence electrons. The Labute approximate surface area is 149 Å². The van der Waals surface area contributed by atoms with E-state index in [1.165, 1.54) is 29.7 Å². The summed E-state index contributed by atoms with van der Waals surface area (Å²) in [5, 5.41) is 0. The Morgan fingerprint density at radius 1 is 1.12 bits per heavy atom. The quantitative estimate of drug-likeness (QED) is 0.559. The normalized spacial score (nSPS) is 11.0. The molecule has 26 heavy (non-hydrogen) atoms. The van der Waals surface area contributed by atoms with Crippen molar-refractivity contribution in [3.05, 3.63) is 72.7 Å². The molecule has 0 N–H and O–H groups in total. The topological polar surface area (TPSA) is 50.8 Å². The van der Waals surface area contributed by atoms with E-state index < -0.39 is 0 Å². The van der Waals surface area contributed by atoms with Gasteiger partial charge >= 0.3 is 0 Å². The van der Waals surface area contributed by atoms with Crippen LogP contribution in [-0.2, 0) is 0 Å². The van der Waals surface area contributed by atoms with Crippen molar-refractivity contribution in [3.8, 4) is 22.5 Å². The number of nitrogens with zero attached hydrogens (tertiary/aromatic N) is 3. The highest BCUT2D eigenvalue weighted by molar-refractivity contribution is 6.01. The minimum atomic E-state index is -0.280. The van der Waals surface area contributed by atoms with Gasteiger partial charge in [0.25, 0.3) is 5.91 Å². The molecule has 0 aliphatic rings. The second-order valence-corrected chi connectivity index (χ2v) is 6.20. The molecule has 4 aromatic rings. The number of hydrogen-bond donors (Lipinski definition) is 0. The molecule has 0 saturated carbocycles. The van der Waals surface area contributed by atoms with Crippen LogP contribution in [0.2, 0.25) is 0 Å². The third kappa shape index (κ3) is 2.65. The molecule has 0 unspecified atom stereocenters. The van der Waals surface area contributed by atoms with Crippen LogP contribution in [0.15, 0.2) is 65.7 Å². The van der Waals surface area contributed by atoms with Gasteiger partial charge in [0.15, 0.2) is 6.39 Å². The lowest BCUT2D eigenvalue weighted by Crippen LogP contribution is -2.21. The van der Waals surface area contributed by atoms with Crippen LogP contribution >= 0.6 is 0 Å². The Hall–Kier alpha value is -3.41. The average molecular weight is 349 g/mol. The van der Waals surface area contributed by atoms with E-state index in [1.807, 2.05) is 28.8 Å². The van der Waals surface area contributed by atoms with E-state index in [9.17, 15) is 9.18 Å². The van der Waals surface area contributed by atoms with Gasteiger partial charge in [0.2, 0.25) is 0 Å². The largest absolute Gasteiger partial charge is 0.451 e. The summed E-state index contributed by atoms with van der Waals surface area (Å²) < 4.78 is 20.2. The molecule has 0 aliphatic heterocycles. The molecular formula is C20H16FN3O2. The maximum absolute atomic E-state index is 13.2. The molecule has 4 rings (SSSR count). The molecule has 1 aromatic carbocycles. The summed E-state index contributed by atoms with van der Waals surface area (Å²) in [6, 6.07) is 12.0. The fourth-order valence-corrected chi connectivity index (χ4v) is 2.98. The van der Waals surface area contributed by atoms with E-state index in [-0.39, 0.29) is 11.7 Å². The average Bonchev–Trinajstić information content (AvgIpc) is 3.28. The minimum absolute atomic E-state index is 0.116. The lowest BCUT2D eigenvalue weighted by atomic mass is 10.1. The Kier molecular flexibility index (Phi) is 3.80. The van der Waals surface area contributed by atoms with Crippen molar-refractivity contribution in [1.29, 1.82) is 0 Å². The van der Waals surface area contributed by atoms with Gasteiger partial charge in [-0.1, -0.05) is 18.2 Å². The van der Waals surface area contributed by atoms with Crippen molar-refractivity contribution in [3.63, 3.8) is 0 Å². The van der Waals surface area contributed by atoms with Crippen LogP contribution in [0.1, 0.15) is 10.4 Å². The second kappa shape index (κ2) is 6.15. The molecule has 0 aliphatic carbocycles. The van der Waals surface area contributed by atoms with E-state index in [0.29, 0.717) is 17.0 Å². The fourth-order valence-electron chi connectivity index (χ4n) is 2.98. The molecule has 0 radical (unpaired) electrons. The summed E-state index contributed by atoms with van der Waals surface area (Å²) >= 11 is 0. The highest BCUT2D eigenvalue weighted by Crippen LogP contribution is 2.30. The molecule has 5 nitrogen and oxygen atoms in total. The summed E-state index contributed by atoms with van der Waals surface area (Å²) in [6.45, 7) is 0. The Bertz CT molecular complexity index is 1080. The number of pyridine rings is 1. The van der Waals surface area contributed by atoms with E-state index in [4.69, 9.17) is 4.42 Å². The molecule has 3 aromatic heterocycles. The summed E-state index contributed by atoms with van der Waals surface area (Å²) in [5.74, 6) is -0.395. The van der Waals surface area contributed by atoms with Crippen molar-refractivity contribution in [2.45, 2.75) is 0 Å². The number of hydrogen-bond acceptors (Lipinski definition) is 3. The number of carbonyl (C=O) groups is 1. The van der Waals surface area contributed by atoms with Crippen LogP contribution in [0, 0.1) is 5.82 Å². The maximum Gasteiger partial charge on any atom is 0.255 e. The SMILES string of the molecule is CN(C)C(=O)c1cc2ccc(-c3ccc(F)cc3)cn2c1-c1cocn1. The first kappa shape index (κ1) is 16.1. The second-order valence-electron chi connectivity index (χ2n) is 6.20. The zero-order valence-electron chi connectivity index (χ0n) is 14.3. The number of rotatable bonds is 3. The third-order valence-corrected chi connectivity index (χ3v) is 4.26. The molecule has 0 spiro atoms. The lowest BCUT2D eigenvalue weighted by Gasteiger charge is -2.10. The van der Waals surface area contributed by atoms with Gasteiger partial charge in [-0.25, -0.2) is 9.37 Å². The van der Waals surface area contributed by atoms with Crippen LogP contribution in [0.4, 0.5) is 4.39 Å². The standard InChI is InChI=1S/C20H16FN3O2/c1-23(2)20(25)17-9-16-8-5-14(13-3-6-15(21)7-4-13)10-24(16)19(17)18-11-26-12-22-18/h3-12H,1-2H3. The van der Waals surface area contributed by atoms with Crippen LogP contribution in [0.5, 0.6) is 0 Å². The van der Waals surface area contributed by atoms with Gasteiger partial charge in [-0.15, -0.1) is 0 Å². The first-order chi connectivity index (χ1) is 12.5. The van der Waals surface area contributed by atoms with Crippen LogP contribution in [0.3, 0.4) is 0 Å². The molecule has 0 saturated heterocycles. The number of halogens is 1. The number of carbonyl (C=O) groups excluding carboxylic acids is 1. The van der Waals surface area contributed by atoms with E-state index in [2.05, 4.69) is 4.98 Å².